The van der Waals surface area contributed by atoms with Crippen LogP contribution in [0.3, 0.4) is 0 Å². The number of benzene rings is 2. The lowest BCUT2D eigenvalue weighted by Crippen LogP contribution is -1.80. The molecule has 2 aromatic carbocycles. The quantitative estimate of drug-likeness (QED) is 0.700. The Morgan fingerprint density at radius 3 is 1.94 bits per heavy atom. The molecular weight excluding hydrogens is 194 g/mol. The van der Waals surface area contributed by atoms with Crippen LogP contribution in [0.15, 0.2) is 60.7 Å². The van der Waals surface area contributed by atoms with Crippen LogP contribution in [0, 0.1) is 11.3 Å². The summed E-state index contributed by atoms with van der Waals surface area (Å²) in [6, 6.07) is 21.8. The van der Waals surface area contributed by atoms with E-state index < -0.39 is 0 Å². The standard InChI is InChI=1S/C9H9N.C6H6/c1-2-8-4-3-5-9(6-8)7-10;1-2-4-6-5-3-1/h3-6H,2H2,1H3;1-6H. The van der Waals surface area contributed by atoms with E-state index in [1.165, 1.54) is 5.56 Å². The van der Waals surface area contributed by atoms with Gasteiger partial charge in [-0.15, -0.1) is 0 Å². The molecule has 0 radical (unpaired) electrons. The zero-order chi connectivity index (χ0) is 11.6. The molecule has 0 N–H and O–H groups in total. The zero-order valence-electron chi connectivity index (χ0n) is 9.43. The minimum Gasteiger partial charge on any atom is -0.192 e. The predicted octanol–water partition coefficient (Wildman–Crippen LogP) is 3.81. The van der Waals surface area contributed by atoms with Crippen LogP contribution in [0.2, 0.25) is 0 Å². The van der Waals surface area contributed by atoms with Crippen molar-refractivity contribution < 1.29 is 0 Å². The van der Waals surface area contributed by atoms with E-state index in [0.717, 1.165) is 12.0 Å². The fourth-order valence-corrected chi connectivity index (χ4v) is 1.25. The van der Waals surface area contributed by atoms with Gasteiger partial charge in [-0.3, -0.25) is 0 Å². The summed E-state index contributed by atoms with van der Waals surface area (Å²) < 4.78 is 0. The Morgan fingerprint density at radius 1 is 0.938 bits per heavy atom. The molecule has 0 atom stereocenters. The third-order valence-corrected chi connectivity index (χ3v) is 2.13. The molecule has 0 bridgehead atoms. The van der Waals surface area contributed by atoms with E-state index in [0.29, 0.717) is 0 Å². The van der Waals surface area contributed by atoms with E-state index >= 15 is 0 Å². The summed E-state index contributed by atoms with van der Waals surface area (Å²) in [5.74, 6) is 0. The van der Waals surface area contributed by atoms with Crippen LogP contribution in [0.25, 0.3) is 0 Å². The number of nitrogens with zero attached hydrogens (tertiary/aromatic N) is 1. The highest BCUT2D eigenvalue weighted by atomic mass is 14.2. The van der Waals surface area contributed by atoms with Gasteiger partial charge in [0.15, 0.2) is 0 Å². The van der Waals surface area contributed by atoms with Crippen LogP contribution in [0.5, 0.6) is 0 Å². The Hall–Kier alpha value is -2.07. The van der Waals surface area contributed by atoms with Gasteiger partial charge in [-0.1, -0.05) is 55.5 Å². The van der Waals surface area contributed by atoms with Crippen molar-refractivity contribution in [2.45, 2.75) is 13.3 Å². The first kappa shape index (κ1) is 12.0. The summed E-state index contributed by atoms with van der Waals surface area (Å²) in [6.45, 7) is 2.08. The maximum atomic E-state index is 8.51. The molecule has 0 saturated carbocycles. The largest absolute Gasteiger partial charge is 0.192 e. The molecular formula is C15H15N. The minimum absolute atomic E-state index is 0.749. The van der Waals surface area contributed by atoms with E-state index in [9.17, 15) is 0 Å². The molecule has 16 heavy (non-hydrogen) atoms. The Balaban J connectivity index is 0.000000181. The molecule has 0 fully saturated rings. The van der Waals surface area contributed by atoms with Crippen LogP contribution in [-0.4, -0.2) is 0 Å². The second kappa shape index (κ2) is 7.25. The average molecular weight is 209 g/mol. The zero-order valence-corrected chi connectivity index (χ0v) is 9.43. The van der Waals surface area contributed by atoms with Gasteiger partial charge in [-0.05, 0) is 24.1 Å². The van der Waals surface area contributed by atoms with Crippen LogP contribution in [-0.2, 0) is 6.42 Å². The molecule has 0 spiro atoms. The van der Waals surface area contributed by atoms with Crippen molar-refractivity contribution in [3.8, 4) is 6.07 Å². The lowest BCUT2D eigenvalue weighted by atomic mass is 10.1. The van der Waals surface area contributed by atoms with Gasteiger partial charge in [0.1, 0.15) is 0 Å². The molecule has 0 heterocycles. The number of rotatable bonds is 1. The van der Waals surface area contributed by atoms with Crippen molar-refractivity contribution in [2.24, 2.45) is 0 Å². The molecule has 0 saturated heterocycles. The van der Waals surface area contributed by atoms with Gasteiger partial charge in [-0.25, -0.2) is 0 Å². The summed E-state index contributed by atoms with van der Waals surface area (Å²) in [4.78, 5) is 0. The average Bonchev–Trinajstić information content (AvgIpc) is 2.41. The van der Waals surface area contributed by atoms with Crippen molar-refractivity contribution in [3.05, 3.63) is 71.8 Å². The Bertz CT molecular complexity index is 414. The van der Waals surface area contributed by atoms with Crippen molar-refractivity contribution in [1.29, 1.82) is 5.26 Å². The summed E-state index contributed by atoms with van der Waals surface area (Å²) >= 11 is 0. The van der Waals surface area contributed by atoms with Crippen LogP contribution in [0.1, 0.15) is 18.1 Å². The van der Waals surface area contributed by atoms with Gasteiger partial charge < -0.3 is 0 Å². The van der Waals surface area contributed by atoms with Gasteiger partial charge in [0, 0.05) is 0 Å². The molecule has 1 heteroatoms. The summed E-state index contributed by atoms with van der Waals surface area (Å²) in [5.41, 5.74) is 1.97. The van der Waals surface area contributed by atoms with Crippen molar-refractivity contribution in [2.75, 3.05) is 0 Å². The Morgan fingerprint density at radius 2 is 1.50 bits per heavy atom. The third kappa shape index (κ3) is 4.43. The summed E-state index contributed by atoms with van der Waals surface area (Å²) in [6.07, 6.45) is 0.996. The maximum Gasteiger partial charge on any atom is 0.0991 e. The number of hydrogen-bond acceptors (Lipinski definition) is 1. The predicted molar refractivity (Wildman–Crippen MR) is 67.0 cm³/mol. The van der Waals surface area contributed by atoms with Gasteiger partial charge in [0.25, 0.3) is 0 Å². The molecule has 2 aromatic rings. The fourth-order valence-electron chi connectivity index (χ4n) is 1.25. The van der Waals surface area contributed by atoms with Crippen molar-refractivity contribution in [3.63, 3.8) is 0 Å². The minimum atomic E-state index is 0.749. The van der Waals surface area contributed by atoms with Gasteiger partial charge in [-0.2, -0.15) is 5.26 Å². The van der Waals surface area contributed by atoms with Crippen molar-refractivity contribution >= 4 is 0 Å². The van der Waals surface area contributed by atoms with Gasteiger partial charge in [0.05, 0.1) is 11.6 Å². The van der Waals surface area contributed by atoms with E-state index in [2.05, 4.69) is 13.0 Å². The van der Waals surface area contributed by atoms with E-state index in [1.54, 1.807) is 0 Å². The second-order valence-electron chi connectivity index (χ2n) is 3.32. The van der Waals surface area contributed by atoms with Crippen molar-refractivity contribution in [1.82, 2.24) is 0 Å². The smallest absolute Gasteiger partial charge is 0.0991 e. The van der Waals surface area contributed by atoms with E-state index in [4.69, 9.17) is 5.26 Å². The molecule has 2 rings (SSSR count). The summed E-state index contributed by atoms with van der Waals surface area (Å²) in [5, 5.41) is 8.51. The lowest BCUT2D eigenvalue weighted by molar-refractivity contribution is 1.14. The number of aryl methyl sites for hydroxylation is 1. The third-order valence-electron chi connectivity index (χ3n) is 2.13. The normalized spacial score (nSPS) is 8.50. The first-order chi connectivity index (χ1) is 7.86. The topological polar surface area (TPSA) is 23.8 Å². The molecule has 1 nitrogen and oxygen atoms in total. The first-order valence-electron chi connectivity index (χ1n) is 5.36. The highest BCUT2D eigenvalue weighted by Crippen LogP contribution is 2.03. The SMILES string of the molecule is CCc1cccc(C#N)c1.c1ccccc1. The molecule has 0 amide bonds. The fraction of sp³-hybridized carbons (Fsp3) is 0.133. The summed E-state index contributed by atoms with van der Waals surface area (Å²) in [7, 11) is 0. The Kier molecular flexibility index (Phi) is 5.44. The molecule has 0 unspecified atom stereocenters. The van der Waals surface area contributed by atoms with Crippen LogP contribution < -0.4 is 0 Å². The van der Waals surface area contributed by atoms with E-state index in [1.807, 2.05) is 60.7 Å². The first-order valence-corrected chi connectivity index (χ1v) is 5.36. The van der Waals surface area contributed by atoms with Gasteiger partial charge >= 0.3 is 0 Å². The number of nitriles is 1. The lowest BCUT2D eigenvalue weighted by Gasteiger charge is -1.93. The van der Waals surface area contributed by atoms with Gasteiger partial charge in [0.2, 0.25) is 0 Å². The van der Waals surface area contributed by atoms with Crippen LogP contribution >= 0.6 is 0 Å². The second-order valence-corrected chi connectivity index (χ2v) is 3.32. The molecule has 0 aromatic heterocycles. The molecule has 0 aliphatic rings. The van der Waals surface area contributed by atoms with E-state index in [-0.39, 0.29) is 0 Å². The maximum absolute atomic E-state index is 8.51. The highest BCUT2D eigenvalue weighted by molar-refractivity contribution is 5.32. The monoisotopic (exact) mass is 209 g/mol. The number of hydrogen-bond donors (Lipinski definition) is 0. The Labute approximate surface area is 97.0 Å². The molecule has 0 aliphatic carbocycles. The molecule has 80 valence electrons. The van der Waals surface area contributed by atoms with Crippen LogP contribution in [0.4, 0.5) is 0 Å². The highest BCUT2D eigenvalue weighted by Gasteiger charge is 1.89. The molecule has 0 aliphatic heterocycles.